The van der Waals surface area contributed by atoms with Gasteiger partial charge in [0.15, 0.2) is 5.65 Å². The van der Waals surface area contributed by atoms with Gasteiger partial charge in [-0.3, -0.25) is 5.10 Å². The topological polar surface area (TPSA) is 99.0 Å². The number of ether oxygens (including phenoxy) is 2. The van der Waals surface area contributed by atoms with Crippen molar-refractivity contribution in [3.05, 3.63) is 23.3 Å². The molecule has 0 saturated carbocycles. The van der Waals surface area contributed by atoms with Gasteiger partial charge in [0.1, 0.15) is 6.10 Å². The van der Waals surface area contributed by atoms with E-state index in [4.69, 9.17) is 14.0 Å². The first-order valence-electron chi connectivity index (χ1n) is 6.82. The lowest BCUT2D eigenvalue weighted by molar-refractivity contribution is 0.0209. The second-order valence-electron chi connectivity index (χ2n) is 5.00. The Bertz CT molecular complexity index is 795. The molecule has 0 amide bonds. The highest BCUT2D eigenvalue weighted by Crippen LogP contribution is 2.29. The second kappa shape index (κ2) is 5.82. The summed E-state index contributed by atoms with van der Waals surface area (Å²) >= 11 is 0. The Morgan fingerprint density at radius 1 is 1.27 bits per heavy atom. The summed E-state index contributed by atoms with van der Waals surface area (Å²) in [6.07, 6.45) is -0.369. The molecule has 3 aromatic heterocycles. The van der Waals surface area contributed by atoms with Gasteiger partial charge >= 0.3 is 0 Å². The zero-order valence-corrected chi connectivity index (χ0v) is 12.9. The highest BCUT2D eigenvalue weighted by atomic mass is 16.5. The Balaban J connectivity index is 2.08. The molecule has 3 rings (SSSR count). The van der Waals surface area contributed by atoms with Crippen molar-refractivity contribution < 1.29 is 14.0 Å². The first-order chi connectivity index (χ1) is 10.6. The Kier molecular flexibility index (Phi) is 3.86. The number of nitrogens with one attached hydrogen (secondary N) is 1. The lowest BCUT2D eigenvalue weighted by Crippen LogP contribution is -2.10. The van der Waals surface area contributed by atoms with Crippen LogP contribution in [0.1, 0.15) is 23.3 Å². The number of pyridine rings is 1. The molecule has 1 N–H and O–H groups in total. The van der Waals surface area contributed by atoms with E-state index >= 15 is 0 Å². The van der Waals surface area contributed by atoms with Crippen LogP contribution >= 0.6 is 0 Å². The summed E-state index contributed by atoms with van der Waals surface area (Å²) < 4.78 is 15.8. The zero-order valence-electron chi connectivity index (χ0n) is 12.9. The van der Waals surface area contributed by atoms with E-state index in [-0.39, 0.29) is 6.10 Å². The van der Waals surface area contributed by atoms with Crippen LogP contribution in [0.3, 0.4) is 0 Å². The molecule has 1 unspecified atom stereocenters. The molecule has 0 bridgehead atoms. The highest BCUT2D eigenvalue weighted by Gasteiger charge is 2.21. The molecule has 0 spiro atoms. The van der Waals surface area contributed by atoms with Crippen LogP contribution in [0.4, 0.5) is 0 Å². The number of aromatic amines is 1. The number of methoxy groups -OCH3 is 2. The van der Waals surface area contributed by atoms with E-state index in [1.54, 1.807) is 14.2 Å². The van der Waals surface area contributed by atoms with Gasteiger partial charge in [-0.25, -0.2) is 4.98 Å². The first kappa shape index (κ1) is 14.6. The summed E-state index contributed by atoms with van der Waals surface area (Å²) in [4.78, 5) is 8.82. The molecule has 0 aliphatic carbocycles. The van der Waals surface area contributed by atoms with Crippen molar-refractivity contribution in [2.75, 3.05) is 20.8 Å². The molecule has 3 aromatic rings. The minimum atomic E-state index is -0.369. The first-order valence-corrected chi connectivity index (χ1v) is 6.82. The van der Waals surface area contributed by atoms with Gasteiger partial charge in [-0.05, 0) is 19.9 Å². The van der Waals surface area contributed by atoms with Crippen molar-refractivity contribution in [2.45, 2.75) is 20.0 Å². The predicted molar refractivity (Wildman–Crippen MR) is 78.3 cm³/mol. The van der Waals surface area contributed by atoms with Crippen LogP contribution in [0.25, 0.3) is 22.5 Å². The van der Waals surface area contributed by atoms with Crippen molar-refractivity contribution >= 4 is 11.0 Å². The zero-order chi connectivity index (χ0) is 15.7. The Hall–Kier alpha value is -2.32. The predicted octanol–water partition coefficient (Wildman–Crippen LogP) is 1.96. The van der Waals surface area contributed by atoms with Crippen LogP contribution in [0.5, 0.6) is 0 Å². The molecule has 8 heteroatoms. The van der Waals surface area contributed by atoms with Gasteiger partial charge in [0, 0.05) is 25.6 Å². The standard InChI is InChI=1S/C14H17N5O3/c1-7-5-9(11-8(2)17-18-13(11)15-7)14-16-12(19-22-14)10(21-4)6-20-3/h5,10H,6H2,1-4H3,(H,15,17,18). The van der Waals surface area contributed by atoms with E-state index in [1.807, 2.05) is 19.9 Å². The summed E-state index contributed by atoms with van der Waals surface area (Å²) in [5.41, 5.74) is 3.17. The molecule has 0 aliphatic rings. The van der Waals surface area contributed by atoms with E-state index in [1.165, 1.54) is 0 Å². The quantitative estimate of drug-likeness (QED) is 0.769. The molecule has 116 valence electrons. The van der Waals surface area contributed by atoms with Gasteiger partial charge in [0.2, 0.25) is 5.82 Å². The average Bonchev–Trinajstić information content (AvgIpc) is 3.12. The maximum Gasteiger partial charge on any atom is 0.258 e. The summed E-state index contributed by atoms with van der Waals surface area (Å²) in [5, 5.41) is 12.0. The highest BCUT2D eigenvalue weighted by molar-refractivity contribution is 5.92. The van der Waals surface area contributed by atoms with Crippen LogP contribution < -0.4 is 0 Å². The van der Waals surface area contributed by atoms with Gasteiger partial charge in [-0.2, -0.15) is 10.1 Å². The van der Waals surface area contributed by atoms with Crippen LogP contribution in [0.2, 0.25) is 0 Å². The van der Waals surface area contributed by atoms with Gasteiger partial charge in [0.25, 0.3) is 5.89 Å². The lowest BCUT2D eigenvalue weighted by Gasteiger charge is -2.08. The normalized spacial score (nSPS) is 12.9. The SMILES string of the molecule is COCC(OC)c1noc(-c2cc(C)nc3n[nH]c(C)c23)n1. The molecule has 22 heavy (non-hydrogen) atoms. The molecular formula is C14H17N5O3. The summed E-state index contributed by atoms with van der Waals surface area (Å²) in [6.45, 7) is 4.17. The molecule has 8 nitrogen and oxygen atoms in total. The molecule has 0 saturated heterocycles. The number of aryl methyl sites for hydroxylation is 2. The monoisotopic (exact) mass is 303 g/mol. The number of hydrogen-bond acceptors (Lipinski definition) is 7. The van der Waals surface area contributed by atoms with Crippen LogP contribution in [-0.4, -0.2) is 46.1 Å². The largest absolute Gasteiger partial charge is 0.381 e. The summed E-state index contributed by atoms with van der Waals surface area (Å²) in [5.74, 6) is 0.858. The molecule has 3 heterocycles. The third-order valence-corrected chi connectivity index (χ3v) is 3.40. The number of hydrogen-bond donors (Lipinski definition) is 1. The minimum Gasteiger partial charge on any atom is -0.381 e. The van der Waals surface area contributed by atoms with E-state index in [2.05, 4.69) is 25.3 Å². The number of H-pyrrole nitrogens is 1. The van der Waals surface area contributed by atoms with E-state index < -0.39 is 0 Å². The van der Waals surface area contributed by atoms with Gasteiger partial charge in [-0.1, -0.05) is 5.16 Å². The van der Waals surface area contributed by atoms with E-state index in [0.29, 0.717) is 24.0 Å². The molecule has 1 atom stereocenters. The molecule has 0 radical (unpaired) electrons. The van der Waals surface area contributed by atoms with Crippen molar-refractivity contribution in [3.8, 4) is 11.5 Å². The second-order valence-corrected chi connectivity index (χ2v) is 5.00. The molecule has 0 aromatic carbocycles. The van der Waals surface area contributed by atoms with Crippen molar-refractivity contribution in [2.24, 2.45) is 0 Å². The fourth-order valence-corrected chi connectivity index (χ4v) is 2.34. The Morgan fingerprint density at radius 2 is 2.09 bits per heavy atom. The minimum absolute atomic E-state index is 0.352. The Labute approximate surface area is 126 Å². The molecular weight excluding hydrogens is 286 g/mol. The number of nitrogens with zero attached hydrogens (tertiary/aromatic N) is 4. The van der Waals surface area contributed by atoms with Gasteiger partial charge < -0.3 is 14.0 Å². The van der Waals surface area contributed by atoms with Crippen LogP contribution in [-0.2, 0) is 9.47 Å². The van der Waals surface area contributed by atoms with Gasteiger partial charge in [0.05, 0.1) is 17.6 Å². The van der Waals surface area contributed by atoms with E-state index in [9.17, 15) is 0 Å². The van der Waals surface area contributed by atoms with Crippen molar-refractivity contribution in [1.29, 1.82) is 0 Å². The van der Waals surface area contributed by atoms with E-state index in [0.717, 1.165) is 22.3 Å². The third kappa shape index (κ3) is 2.46. The fourth-order valence-electron chi connectivity index (χ4n) is 2.34. The molecule has 0 fully saturated rings. The van der Waals surface area contributed by atoms with Crippen molar-refractivity contribution in [1.82, 2.24) is 25.3 Å². The number of aromatic nitrogens is 5. The average molecular weight is 303 g/mol. The third-order valence-electron chi connectivity index (χ3n) is 3.40. The lowest BCUT2D eigenvalue weighted by atomic mass is 10.1. The summed E-state index contributed by atoms with van der Waals surface area (Å²) in [6, 6.07) is 1.90. The number of fused-ring (bicyclic) bond motifs is 1. The summed E-state index contributed by atoms with van der Waals surface area (Å²) in [7, 11) is 3.17. The van der Waals surface area contributed by atoms with Crippen LogP contribution in [0.15, 0.2) is 10.6 Å². The Morgan fingerprint density at radius 3 is 2.82 bits per heavy atom. The smallest absolute Gasteiger partial charge is 0.258 e. The molecule has 0 aliphatic heterocycles. The maximum absolute atomic E-state index is 5.40. The maximum atomic E-state index is 5.40. The number of rotatable bonds is 5. The van der Waals surface area contributed by atoms with Gasteiger partial charge in [-0.15, -0.1) is 0 Å². The van der Waals surface area contributed by atoms with Crippen molar-refractivity contribution in [3.63, 3.8) is 0 Å². The van der Waals surface area contributed by atoms with Crippen LogP contribution in [0, 0.1) is 13.8 Å². The fraction of sp³-hybridized carbons (Fsp3) is 0.429.